The monoisotopic (exact) mass is 381 g/mol. The lowest BCUT2D eigenvalue weighted by atomic mass is 10.1. The van der Waals surface area contributed by atoms with Gasteiger partial charge in [-0.3, -0.25) is 0 Å². The minimum atomic E-state index is 0.232. The molecular formula is C19H12ClN3O2S. The first-order chi connectivity index (χ1) is 12.7. The van der Waals surface area contributed by atoms with Crippen LogP contribution in [0.2, 0.25) is 5.15 Å². The molecule has 1 aliphatic rings. The average Bonchev–Trinajstić information content (AvgIpc) is 3.15. The van der Waals surface area contributed by atoms with Gasteiger partial charge in [0.15, 0.2) is 11.5 Å². The predicted molar refractivity (Wildman–Crippen MR) is 99.3 cm³/mol. The molecule has 1 aliphatic heterocycles. The molecule has 26 heavy (non-hydrogen) atoms. The molecule has 3 heterocycles. The molecule has 0 aliphatic carbocycles. The summed E-state index contributed by atoms with van der Waals surface area (Å²) in [6.45, 7) is 0.232. The van der Waals surface area contributed by atoms with Crippen molar-refractivity contribution in [2.75, 3.05) is 6.79 Å². The largest absolute Gasteiger partial charge is 0.454 e. The van der Waals surface area contributed by atoms with Crippen LogP contribution in [0.4, 0.5) is 0 Å². The van der Waals surface area contributed by atoms with E-state index in [1.807, 2.05) is 30.3 Å². The number of aromatic nitrogens is 2. The van der Waals surface area contributed by atoms with Crippen molar-refractivity contribution in [1.29, 1.82) is 5.26 Å². The van der Waals surface area contributed by atoms with Crippen molar-refractivity contribution in [3.63, 3.8) is 0 Å². The Bertz CT molecular complexity index is 1000. The molecule has 0 unspecified atom stereocenters. The number of nitrogens with zero attached hydrogens (tertiary/aromatic N) is 3. The number of hydrogen-bond donors (Lipinski definition) is 0. The van der Waals surface area contributed by atoms with Gasteiger partial charge in [0.25, 0.3) is 0 Å². The maximum absolute atomic E-state index is 9.37. The maximum Gasteiger partial charge on any atom is 0.231 e. The fraction of sp³-hybridized carbons (Fsp3) is 0.105. The molecule has 2 aromatic heterocycles. The lowest BCUT2D eigenvalue weighted by Gasteiger charge is -2.08. The molecule has 0 fully saturated rings. The summed E-state index contributed by atoms with van der Waals surface area (Å²) in [5, 5.41) is 10.5. The summed E-state index contributed by atoms with van der Waals surface area (Å²) in [6, 6.07) is 15.2. The van der Waals surface area contributed by atoms with Crippen LogP contribution in [-0.4, -0.2) is 16.8 Å². The average molecular weight is 382 g/mol. The molecule has 0 radical (unpaired) electrons. The van der Waals surface area contributed by atoms with Crippen LogP contribution >= 0.6 is 23.4 Å². The number of benzene rings is 1. The Morgan fingerprint density at radius 2 is 2.00 bits per heavy atom. The zero-order valence-corrected chi connectivity index (χ0v) is 15.0. The van der Waals surface area contributed by atoms with Crippen LogP contribution in [0.5, 0.6) is 11.5 Å². The Labute approximate surface area is 159 Å². The predicted octanol–water partition coefficient (Wildman–Crippen LogP) is 4.69. The molecule has 0 amide bonds. The highest BCUT2D eigenvalue weighted by molar-refractivity contribution is 7.98. The summed E-state index contributed by atoms with van der Waals surface area (Å²) in [5.41, 5.74) is 3.24. The SMILES string of the molecule is N#Cc1ccc(-c2ccc3c(c2)OCO3)nc1SCc1ccc(Cl)nc1. The van der Waals surface area contributed by atoms with E-state index in [0.717, 1.165) is 22.6 Å². The van der Waals surface area contributed by atoms with Gasteiger partial charge in [-0.25, -0.2) is 9.97 Å². The smallest absolute Gasteiger partial charge is 0.231 e. The van der Waals surface area contributed by atoms with Gasteiger partial charge in [0.05, 0.1) is 11.3 Å². The molecular weight excluding hydrogens is 370 g/mol. The zero-order chi connectivity index (χ0) is 17.9. The second-order valence-electron chi connectivity index (χ2n) is 5.51. The second kappa shape index (κ2) is 7.24. The van der Waals surface area contributed by atoms with Gasteiger partial charge >= 0.3 is 0 Å². The van der Waals surface area contributed by atoms with Crippen molar-refractivity contribution in [2.45, 2.75) is 10.8 Å². The number of pyridine rings is 2. The highest BCUT2D eigenvalue weighted by Crippen LogP contribution is 2.36. The van der Waals surface area contributed by atoms with Crippen molar-refractivity contribution in [1.82, 2.24) is 9.97 Å². The molecule has 1 aromatic carbocycles. The van der Waals surface area contributed by atoms with Gasteiger partial charge in [-0.05, 0) is 42.0 Å². The minimum Gasteiger partial charge on any atom is -0.454 e. The van der Waals surface area contributed by atoms with Gasteiger partial charge in [0, 0.05) is 17.5 Å². The third-order valence-electron chi connectivity index (χ3n) is 3.81. The topological polar surface area (TPSA) is 68.0 Å². The third kappa shape index (κ3) is 3.45. The molecule has 0 bridgehead atoms. The van der Waals surface area contributed by atoms with Crippen molar-refractivity contribution in [3.8, 4) is 28.8 Å². The van der Waals surface area contributed by atoms with E-state index < -0.39 is 0 Å². The molecule has 4 rings (SSSR count). The molecule has 0 saturated heterocycles. The molecule has 7 heteroatoms. The van der Waals surface area contributed by atoms with Crippen LogP contribution in [0, 0.1) is 11.3 Å². The van der Waals surface area contributed by atoms with Gasteiger partial charge < -0.3 is 9.47 Å². The number of fused-ring (bicyclic) bond motifs is 1. The van der Waals surface area contributed by atoms with E-state index in [1.54, 1.807) is 18.3 Å². The highest BCUT2D eigenvalue weighted by atomic mass is 35.5. The summed E-state index contributed by atoms with van der Waals surface area (Å²) in [6.07, 6.45) is 1.73. The number of hydrogen-bond acceptors (Lipinski definition) is 6. The first kappa shape index (κ1) is 16.7. The molecule has 0 spiro atoms. The minimum absolute atomic E-state index is 0.232. The van der Waals surface area contributed by atoms with Crippen molar-refractivity contribution < 1.29 is 9.47 Å². The standard InChI is InChI=1S/C19H12ClN3O2S/c20-18-6-1-12(9-22-18)10-26-19-14(8-21)2-4-15(23-19)13-3-5-16-17(7-13)25-11-24-16/h1-7,9H,10-11H2. The van der Waals surface area contributed by atoms with E-state index in [0.29, 0.717) is 27.2 Å². The molecule has 128 valence electrons. The van der Waals surface area contributed by atoms with Crippen LogP contribution in [0.1, 0.15) is 11.1 Å². The number of rotatable bonds is 4. The second-order valence-corrected chi connectivity index (χ2v) is 6.86. The Morgan fingerprint density at radius 1 is 1.12 bits per heavy atom. The Hall–Kier alpha value is -2.75. The number of nitriles is 1. The molecule has 0 saturated carbocycles. The Kier molecular flexibility index (Phi) is 4.65. The molecule has 5 nitrogen and oxygen atoms in total. The van der Waals surface area contributed by atoms with Crippen LogP contribution in [-0.2, 0) is 5.75 Å². The lowest BCUT2D eigenvalue weighted by molar-refractivity contribution is 0.174. The van der Waals surface area contributed by atoms with Crippen molar-refractivity contribution >= 4 is 23.4 Å². The van der Waals surface area contributed by atoms with Crippen LogP contribution in [0.15, 0.2) is 53.7 Å². The summed E-state index contributed by atoms with van der Waals surface area (Å²) in [7, 11) is 0. The summed E-state index contributed by atoms with van der Waals surface area (Å²) in [5.74, 6) is 2.08. The van der Waals surface area contributed by atoms with Gasteiger partial charge in [-0.2, -0.15) is 5.26 Å². The summed E-state index contributed by atoms with van der Waals surface area (Å²) < 4.78 is 10.8. The first-order valence-corrected chi connectivity index (χ1v) is 9.14. The fourth-order valence-corrected chi connectivity index (χ4v) is 3.51. The van der Waals surface area contributed by atoms with E-state index in [1.165, 1.54) is 11.8 Å². The van der Waals surface area contributed by atoms with Gasteiger partial charge in [0.2, 0.25) is 6.79 Å². The number of thioether (sulfide) groups is 1. The van der Waals surface area contributed by atoms with E-state index in [-0.39, 0.29) is 6.79 Å². The lowest BCUT2D eigenvalue weighted by Crippen LogP contribution is -1.93. The van der Waals surface area contributed by atoms with Crippen LogP contribution < -0.4 is 9.47 Å². The highest BCUT2D eigenvalue weighted by Gasteiger charge is 2.15. The Morgan fingerprint density at radius 3 is 2.81 bits per heavy atom. The van der Waals surface area contributed by atoms with E-state index >= 15 is 0 Å². The van der Waals surface area contributed by atoms with E-state index in [4.69, 9.17) is 21.1 Å². The van der Waals surface area contributed by atoms with Gasteiger partial charge in [0.1, 0.15) is 16.2 Å². The first-order valence-electron chi connectivity index (χ1n) is 7.77. The Balaban J connectivity index is 1.61. The maximum atomic E-state index is 9.37. The van der Waals surface area contributed by atoms with Crippen molar-refractivity contribution in [3.05, 3.63) is 64.9 Å². The summed E-state index contributed by atoms with van der Waals surface area (Å²) >= 11 is 7.31. The quantitative estimate of drug-likeness (QED) is 0.482. The number of ether oxygens (including phenoxy) is 2. The third-order valence-corrected chi connectivity index (χ3v) is 5.10. The van der Waals surface area contributed by atoms with Crippen molar-refractivity contribution in [2.24, 2.45) is 0 Å². The molecule has 0 N–H and O–H groups in total. The summed E-state index contributed by atoms with van der Waals surface area (Å²) in [4.78, 5) is 8.74. The zero-order valence-electron chi connectivity index (χ0n) is 13.5. The van der Waals surface area contributed by atoms with Crippen LogP contribution in [0.3, 0.4) is 0 Å². The van der Waals surface area contributed by atoms with E-state index in [2.05, 4.69) is 16.0 Å². The number of halogens is 1. The normalized spacial score (nSPS) is 12.0. The van der Waals surface area contributed by atoms with Crippen LogP contribution in [0.25, 0.3) is 11.3 Å². The van der Waals surface area contributed by atoms with Gasteiger partial charge in [-0.1, -0.05) is 17.7 Å². The van der Waals surface area contributed by atoms with Gasteiger partial charge in [-0.15, -0.1) is 11.8 Å². The van der Waals surface area contributed by atoms with E-state index in [9.17, 15) is 5.26 Å². The molecule has 0 atom stereocenters. The molecule has 3 aromatic rings. The fourth-order valence-electron chi connectivity index (χ4n) is 2.50.